The minimum atomic E-state index is -0.245. The highest BCUT2D eigenvalue weighted by molar-refractivity contribution is 5.99. The Morgan fingerprint density at radius 1 is 1.12 bits per heavy atom. The summed E-state index contributed by atoms with van der Waals surface area (Å²) >= 11 is 0. The standard InChI is InChI=1S/C20H22N2O3/c1-22(13-19(23)21-17-7-4-8-18(12-17)25-2)20(24)16-10-9-14-5-3-6-15(14)11-16/h4,7-12H,3,5-6,13H2,1-2H3,(H,21,23). The maximum absolute atomic E-state index is 12.6. The fourth-order valence-corrected chi connectivity index (χ4v) is 3.11. The van der Waals surface area contributed by atoms with Crippen LogP contribution in [0.2, 0.25) is 0 Å². The molecule has 0 bridgehead atoms. The van der Waals surface area contributed by atoms with Crippen molar-refractivity contribution < 1.29 is 14.3 Å². The van der Waals surface area contributed by atoms with Gasteiger partial charge in [0.25, 0.3) is 5.91 Å². The summed E-state index contributed by atoms with van der Waals surface area (Å²) < 4.78 is 5.13. The number of aryl methyl sites for hydroxylation is 2. The molecular weight excluding hydrogens is 316 g/mol. The molecule has 2 aromatic carbocycles. The number of carbonyl (C=O) groups is 2. The molecule has 0 saturated heterocycles. The molecule has 1 N–H and O–H groups in total. The van der Waals surface area contributed by atoms with Crippen molar-refractivity contribution in [2.24, 2.45) is 0 Å². The van der Waals surface area contributed by atoms with E-state index >= 15 is 0 Å². The van der Waals surface area contributed by atoms with E-state index in [1.807, 2.05) is 18.2 Å². The van der Waals surface area contributed by atoms with Crippen LogP contribution < -0.4 is 10.1 Å². The van der Waals surface area contributed by atoms with Crippen molar-refractivity contribution in [1.29, 1.82) is 0 Å². The van der Waals surface area contributed by atoms with Crippen molar-refractivity contribution in [1.82, 2.24) is 4.90 Å². The molecule has 2 aromatic rings. The third kappa shape index (κ3) is 3.99. The van der Waals surface area contributed by atoms with E-state index in [4.69, 9.17) is 4.74 Å². The first-order valence-corrected chi connectivity index (χ1v) is 8.38. The van der Waals surface area contributed by atoms with Crippen molar-refractivity contribution in [2.75, 3.05) is 26.0 Å². The number of hydrogen-bond donors (Lipinski definition) is 1. The number of hydrogen-bond acceptors (Lipinski definition) is 3. The highest BCUT2D eigenvalue weighted by Gasteiger charge is 2.18. The average molecular weight is 338 g/mol. The normalized spacial score (nSPS) is 12.4. The molecule has 0 unspecified atom stereocenters. The van der Waals surface area contributed by atoms with Crippen LogP contribution in [0.1, 0.15) is 27.9 Å². The number of methoxy groups -OCH3 is 1. The first-order valence-electron chi connectivity index (χ1n) is 8.38. The van der Waals surface area contributed by atoms with Crippen LogP contribution in [0.15, 0.2) is 42.5 Å². The summed E-state index contributed by atoms with van der Waals surface area (Å²) in [4.78, 5) is 26.2. The molecule has 1 aliphatic rings. The number of rotatable bonds is 5. The van der Waals surface area contributed by atoms with E-state index in [2.05, 4.69) is 5.32 Å². The number of nitrogens with one attached hydrogen (secondary N) is 1. The Labute approximate surface area is 147 Å². The Kier molecular flexibility index (Phi) is 5.03. The molecule has 130 valence electrons. The summed E-state index contributed by atoms with van der Waals surface area (Å²) in [5, 5.41) is 2.78. The molecule has 0 saturated carbocycles. The van der Waals surface area contributed by atoms with Crippen molar-refractivity contribution in [3.63, 3.8) is 0 Å². The largest absolute Gasteiger partial charge is 0.497 e. The minimum Gasteiger partial charge on any atom is -0.497 e. The van der Waals surface area contributed by atoms with Gasteiger partial charge in [-0.25, -0.2) is 0 Å². The molecule has 2 amide bonds. The zero-order valence-corrected chi connectivity index (χ0v) is 14.5. The van der Waals surface area contributed by atoms with E-state index in [0.717, 1.165) is 19.3 Å². The minimum absolute atomic E-state index is 0.00682. The summed E-state index contributed by atoms with van der Waals surface area (Å²) in [6.45, 7) is -0.00682. The Morgan fingerprint density at radius 2 is 1.92 bits per heavy atom. The maximum Gasteiger partial charge on any atom is 0.254 e. The van der Waals surface area contributed by atoms with Gasteiger partial charge in [-0.2, -0.15) is 0 Å². The SMILES string of the molecule is COc1cccc(NC(=O)CN(C)C(=O)c2ccc3c(c2)CCC3)c1. The number of likely N-dealkylation sites (N-methyl/N-ethyl adjacent to an activating group) is 1. The molecule has 0 radical (unpaired) electrons. The highest BCUT2D eigenvalue weighted by Crippen LogP contribution is 2.23. The second-order valence-corrected chi connectivity index (χ2v) is 6.28. The molecule has 0 heterocycles. The van der Waals surface area contributed by atoms with E-state index < -0.39 is 0 Å². The number of anilines is 1. The lowest BCUT2D eigenvalue weighted by atomic mass is 10.1. The van der Waals surface area contributed by atoms with Crippen LogP contribution in [0, 0.1) is 0 Å². The smallest absolute Gasteiger partial charge is 0.254 e. The van der Waals surface area contributed by atoms with Crippen LogP contribution in [-0.2, 0) is 17.6 Å². The van der Waals surface area contributed by atoms with Gasteiger partial charge in [0.2, 0.25) is 5.91 Å². The van der Waals surface area contributed by atoms with E-state index in [1.165, 1.54) is 16.0 Å². The molecule has 5 heteroatoms. The molecule has 25 heavy (non-hydrogen) atoms. The van der Waals surface area contributed by atoms with E-state index in [1.54, 1.807) is 38.4 Å². The van der Waals surface area contributed by atoms with E-state index in [9.17, 15) is 9.59 Å². The lowest BCUT2D eigenvalue weighted by Gasteiger charge is -2.17. The van der Waals surface area contributed by atoms with Crippen LogP contribution in [0.3, 0.4) is 0 Å². The molecule has 5 nitrogen and oxygen atoms in total. The number of benzene rings is 2. The first-order chi connectivity index (χ1) is 12.1. The van der Waals surface area contributed by atoms with Gasteiger partial charge in [0.05, 0.1) is 13.7 Å². The van der Waals surface area contributed by atoms with Gasteiger partial charge in [-0.05, 0) is 54.7 Å². The van der Waals surface area contributed by atoms with Crippen LogP contribution in [-0.4, -0.2) is 37.4 Å². The van der Waals surface area contributed by atoms with E-state index in [-0.39, 0.29) is 18.4 Å². The van der Waals surface area contributed by atoms with Crippen molar-refractivity contribution in [3.8, 4) is 5.75 Å². The van der Waals surface area contributed by atoms with Gasteiger partial charge in [-0.15, -0.1) is 0 Å². The van der Waals surface area contributed by atoms with Crippen molar-refractivity contribution >= 4 is 17.5 Å². The molecule has 0 fully saturated rings. The Balaban J connectivity index is 1.61. The third-order valence-corrected chi connectivity index (χ3v) is 4.43. The van der Waals surface area contributed by atoms with Gasteiger partial charge in [0, 0.05) is 24.4 Å². The number of carbonyl (C=O) groups excluding carboxylic acids is 2. The summed E-state index contributed by atoms with van der Waals surface area (Å²) in [7, 11) is 3.21. The van der Waals surface area contributed by atoms with Crippen LogP contribution in [0.4, 0.5) is 5.69 Å². The summed E-state index contributed by atoms with van der Waals surface area (Å²) in [6, 6.07) is 13.0. The topological polar surface area (TPSA) is 58.6 Å². The Bertz CT molecular complexity index is 801. The molecule has 3 rings (SSSR count). The molecule has 0 spiro atoms. The zero-order valence-electron chi connectivity index (χ0n) is 14.5. The molecule has 0 atom stereocenters. The van der Waals surface area contributed by atoms with Crippen molar-refractivity contribution in [2.45, 2.75) is 19.3 Å². The van der Waals surface area contributed by atoms with Gasteiger partial charge >= 0.3 is 0 Å². The predicted octanol–water partition coefficient (Wildman–Crippen LogP) is 2.89. The lowest BCUT2D eigenvalue weighted by Crippen LogP contribution is -2.35. The summed E-state index contributed by atoms with van der Waals surface area (Å²) in [5.41, 5.74) is 3.86. The summed E-state index contributed by atoms with van der Waals surface area (Å²) in [6.07, 6.45) is 3.25. The van der Waals surface area contributed by atoms with Crippen LogP contribution in [0.25, 0.3) is 0 Å². The Morgan fingerprint density at radius 3 is 2.72 bits per heavy atom. The molecule has 0 aliphatic heterocycles. The van der Waals surface area contributed by atoms with Gasteiger partial charge in [-0.1, -0.05) is 12.1 Å². The predicted molar refractivity (Wildman–Crippen MR) is 97.1 cm³/mol. The second kappa shape index (κ2) is 7.38. The third-order valence-electron chi connectivity index (χ3n) is 4.43. The van der Waals surface area contributed by atoms with Crippen LogP contribution in [0.5, 0.6) is 5.75 Å². The quantitative estimate of drug-likeness (QED) is 0.912. The van der Waals surface area contributed by atoms with Crippen LogP contribution >= 0.6 is 0 Å². The molecule has 1 aliphatic carbocycles. The van der Waals surface area contributed by atoms with Gasteiger partial charge < -0.3 is 15.0 Å². The molecule has 0 aromatic heterocycles. The van der Waals surface area contributed by atoms with Gasteiger partial charge in [0.1, 0.15) is 5.75 Å². The lowest BCUT2D eigenvalue weighted by molar-refractivity contribution is -0.116. The van der Waals surface area contributed by atoms with Gasteiger partial charge in [-0.3, -0.25) is 9.59 Å². The van der Waals surface area contributed by atoms with E-state index in [0.29, 0.717) is 17.0 Å². The monoisotopic (exact) mass is 338 g/mol. The number of nitrogens with zero attached hydrogens (tertiary/aromatic N) is 1. The van der Waals surface area contributed by atoms with Crippen molar-refractivity contribution in [3.05, 3.63) is 59.2 Å². The first kappa shape index (κ1) is 17.0. The zero-order chi connectivity index (χ0) is 17.8. The fourth-order valence-electron chi connectivity index (χ4n) is 3.11. The number of ether oxygens (including phenoxy) is 1. The average Bonchev–Trinajstić information content (AvgIpc) is 3.08. The van der Waals surface area contributed by atoms with Gasteiger partial charge in [0.15, 0.2) is 0 Å². The maximum atomic E-state index is 12.6. The fraction of sp³-hybridized carbons (Fsp3) is 0.300. The highest BCUT2D eigenvalue weighted by atomic mass is 16.5. The summed E-state index contributed by atoms with van der Waals surface area (Å²) in [5.74, 6) is 0.279. The second-order valence-electron chi connectivity index (χ2n) is 6.28. The number of fused-ring (bicyclic) bond motifs is 1. The number of amides is 2. The molecular formula is C20H22N2O3. The Hall–Kier alpha value is -2.82.